The van der Waals surface area contributed by atoms with Crippen molar-refractivity contribution in [3.05, 3.63) is 0 Å². The van der Waals surface area contributed by atoms with Gasteiger partial charge >= 0.3 is 0 Å². The molecule has 0 bridgehead atoms. The Labute approximate surface area is 252 Å². The minimum atomic E-state index is 0. The fourth-order valence-electron chi connectivity index (χ4n) is 0. The summed E-state index contributed by atoms with van der Waals surface area (Å²) in [5.41, 5.74) is 0. The molecular weight excluding hydrogens is 429 g/mol. The van der Waals surface area contributed by atoms with E-state index in [0.717, 1.165) is 0 Å². The van der Waals surface area contributed by atoms with Crippen molar-refractivity contribution in [2.45, 2.75) is 228 Å². The van der Waals surface area contributed by atoms with Gasteiger partial charge in [0.15, 0.2) is 0 Å². The highest BCUT2D eigenvalue weighted by atomic mass is 13.4. The van der Waals surface area contributed by atoms with E-state index in [1.54, 1.807) is 0 Å². The van der Waals surface area contributed by atoms with E-state index in [1.165, 1.54) is 19.3 Å². The van der Waals surface area contributed by atoms with E-state index >= 15 is 0 Å². The summed E-state index contributed by atoms with van der Waals surface area (Å²) < 4.78 is 0. The third kappa shape index (κ3) is 993000. The lowest BCUT2D eigenvalue weighted by Crippen LogP contribution is -1.27. The van der Waals surface area contributed by atoms with E-state index in [9.17, 15) is 0 Å². The molecule has 0 nitrogen and oxygen atoms in total. The maximum Gasteiger partial charge on any atom is 0 e. The van der Waals surface area contributed by atoms with E-state index < -0.39 is 0 Å². The standard InChI is InChI=1S/3C3H8.11C2H6.2CH4.3B/c3*1-3-2;11*1-2;;;;;/h3*3H2,1-2H3;11*1-2H3;2*1H4;;;. The summed E-state index contributed by atoms with van der Waals surface area (Å²) in [7, 11) is 0. The third-order valence-corrected chi connectivity index (χ3v) is 0. The van der Waals surface area contributed by atoms with Crippen molar-refractivity contribution in [3.8, 4) is 0 Å². The molecule has 0 N–H and O–H groups in total. The molecule has 0 fully saturated rings. The summed E-state index contributed by atoms with van der Waals surface area (Å²) in [5, 5.41) is 0. The maximum atomic E-state index is 2.12. The zero-order valence-corrected chi connectivity index (χ0v) is 31.9. The van der Waals surface area contributed by atoms with E-state index in [-0.39, 0.29) is 40.1 Å². The summed E-state index contributed by atoms with van der Waals surface area (Å²) in [5.74, 6) is 0. The molecule has 0 amide bonds. The largest absolute Gasteiger partial charge is 0.0776 e. The summed E-state index contributed by atoms with van der Waals surface area (Å²) in [6, 6.07) is 0. The fourth-order valence-corrected chi connectivity index (χ4v) is 0. The van der Waals surface area contributed by atoms with Crippen LogP contribution in [0, 0.1) is 0 Å². The second-order valence-electron chi connectivity index (χ2n) is 2.12. The highest BCUT2D eigenvalue weighted by molar-refractivity contribution is 5.76. The topological polar surface area (TPSA) is 0 Å². The Kier molecular flexibility index (Phi) is 17000. The molecule has 0 aromatic heterocycles. The molecule has 0 aromatic rings. The van der Waals surface area contributed by atoms with Gasteiger partial charge in [-0.25, -0.2) is 0 Å². The quantitative estimate of drug-likeness (QED) is 0.275. The van der Waals surface area contributed by atoms with Gasteiger partial charge in [0.1, 0.15) is 0 Å². The zero-order valence-electron chi connectivity index (χ0n) is 31.9. The van der Waals surface area contributed by atoms with Crippen LogP contribution < -0.4 is 0 Å². The lowest BCUT2D eigenvalue weighted by molar-refractivity contribution is 1.09. The van der Waals surface area contributed by atoms with E-state index in [4.69, 9.17) is 0 Å². The van der Waals surface area contributed by atoms with Gasteiger partial charge in [-0.15, -0.1) is 0 Å². The Morgan fingerprint density at radius 1 is 0.194 bits per heavy atom. The smallest absolute Gasteiger partial charge is 0 e. The van der Waals surface area contributed by atoms with Crippen LogP contribution in [-0.2, 0) is 0 Å². The molecule has 0 spiro atoms. The van der Waals surface area contributed by atoms with Crippen molar-refractivity contribution >= 4 is 25.2 Å². The van der Waals surface area contributed by atoms with Crippen LogP contribution in [0.5, 0.6) is 0 Å². The average Bonchev–Trinajstić information content (AvgIpc) is 2.93. The lowest BCUT2D eigenvalue weighted by Gasteiger charge is -1.48. The predicted octanol–water partition coefficient (Wildman–Crippen LogP) is 15.7. The summed E-state index contributed by atoms with van der Waals surface area (Å²) in [6.45, 7) is 56.8. The van der Waals surface area contributed by atoms with E-state index in [1.807, 2.05) is 152 Å². The van der Waals surface area contributed by atoms with Gasteiger partial charge in [-0.05, 0) is 0 Å². The zero-order chi connectivity index (χ0) is 30.1. The molecule has 3 heteroatoms. The van der Waals surface area contributed by atoms with Crippen LogP contribution in [0.2, 0.25) is 0 Å². The van der Waals surface area contributed by atoms with Crippen LogP contribution in [0.3, 0.4) is 0 Å². The molecule has 0 saturated carbocycles. The number of hydrogen-bond donors (Lipinski definition) is 0. The van der Waals surface area contributed by atoms with Crippen LogP contribution in [0.4, 0.5) is 0 Å². The molecule has 36 heavy (non-hydrogen) atoms. The van der Waals surface area contributed by atoms with Gasteiger partial charge in [0.25, 0.3) is 0 Å². The number of hydrogen-bond acceptors (Lipinski definition) is 0. The van der Waals surface area contributed by atoms with Crippen LogP contribution >= 0.6 is 0 Å². The minimum absolute atomic E-state index is 0. The van der Waals surface area contributed by atoms with Crippen molar-refractivity contribution in [1.82, 2.24) is 0 Å². The predicted molar refractivity (Wildman–Crippen MR) is 203 cm³/mol. The Balaban J connectivity index is -0.00000000505. The van der Waals surface area contributed by atoms with Crippen LogP contribution in [-0.4, -0.2) is 25.2 Å². The summed E-state index contributed by atoms with van der Waals surface area (Å²) >= 11 is 0. The van der Waals surface area contributed by atoms with Gasteiger partial charge in [0.05, 0.1) is 0 Å². The molecule has 0 atom stereocenters. The van der Waals surface area contributed by atoms with Crippen molar-refractivity contribution < 1.29 is 0 Å². The second-order valence-corrected chi connectivity index (χ2v) is 2.12. The van der Waals surface area contributed by atoms with Crippen molar-refractivity contribution in [2.75, 3.05) is 0 Å². The normalized spacial score (nSPS) is 3.33. The van der Waals surface area contributed by atoms with Gasteiger partial charge in [-0.2, -0.15) is 0 Å². The molecule has 0 aliphatic heterocycles. The first-order valence-electron chi connectivity index (χ1n) is 15.2. The first-order chi connectivity index (χ1) is 15.2. The Morgan fingerprint density at radius 2 is 0.194 bits per heavy atom. The molecule has 0 rings (SSSR count). The molecule has 0 aliphatic carbocycles. The molecule has 0 aliphatic rings. The molecule has 0 heterocycles. The Bertz CT molecular complexity index is 19.7. The fraction of sp³-hybridized carbons (Fsp3) is 1.00. The van der Waals surface area contributed by atoms with Gasteiger partial charge in [-0.3, -0.25) is 0 Å². The SMILES string of the molecule is C.C.CC.CC.CC.CC.CC.CC.CC.CC.CC.CC.CC.CCC.CCC.CCC.[B].[B].[B]. The van der Waals surface area contributed by atoms with Crippen molar-refractivity contribution in [1.29, 1.82) is 0 Å². The van der Waals surface area contributed by atoms with Crippen LogP contribution in [0.15, 0.2) is 0 Å². The highest BCUT2D eigenvalue weighted by Gasteiger charge is 1.36. The monoisotopic (exact) mass is 528 g/mol. The minimum Gasteiger partial charge on any atom is -0.0776 e. The van der Waals surface area contributed by atoms with Crippen LogP contribution in [0.1, 0.15) is 228 Å². The highest BCUT2D eigenvalue weighted by Crippen LogP contribution is 1.57. The van der Waals surface area contributed by atoms with Crippen molar-refractivity contribution in [2.24, 2.45) is 0 Å². The first-order valence-corrected chi connectivity index (χ1v) is 15.2. The average molecular weight is 528 g/mol. The van der Waals surface area contributed by atoms with Gasteiger partial charge in [-0.1, -0.05) is 228 Å². The molecular formula is C33H98B3. The van der Waals surface area contributed by atoms with Crippen LogP contribution in [0.25, 0.3) is 0 Å². The van der Waals surface area contributed by atoms with Crippen molar-refractivity contribution in [3.63, 3.8) is 0 Å². The third-order valence-electron chi connectivity index (χ3n) is 0. The van der Waals surface area contributed by atoms with Gasteiger partial charge in [0.2, 0.25) is 0 Å². The molecule has 0 saturated heterocycles. The van der Waals surface area contributed by atoms with E-state index in [2.05, 4.69) is 41.5 Å². The Morgan fingerprint density at radius 3 is 0.194 bits per heavy atom. The second kappa shape index (κ2) is 4030. The van der Waals surface area contributed by atoms with E-state index in [0.29, 0.717) is 0 Å². The summed E-state index contributed by atoms with van der Waals surface area (Å²) in [4.78, 5) is 0. The number of rotatable bonds is 0. The first kappa shape index (κ1) is 152. The lowest BCUT2D eigenvalue weighted by atomic mass is 10.6. The Hall–Kier alpha value is 0.195. The molecule has 9 radical (unpaired) electrons. The molecule has 0 unspecified atom stereocenters. The molecule has 0 aromatic carbocycles. The maximum absolute atomic E-state index is 2.12. The van der Waals surface area contributed by atoms with Gasteiger partial charge < -0.3 is 0 Å². The molecule has 239 valence electrons. The van der Waals surface area contributed by atoms with Gasteiger partial charge in [0, 0.05) is 25.2 Å². The summed E-state index contributed by atoms with van der Waals surface area (Å²) in [6.07, 6.45) is 3.75.